The van der Waals surface area contributed by atoms with E-state index in [0.29, 0.717) is 29.8 Å². The van der Waals surface area contributed by atoms with Crippen LogP contribution < -0.4 is 4.74 Å². The summed E-state index contributed by atoms with van der Waals surface area (Å²) < 4.78 is 6.08. The van der Waals surface area contributed by atoms with E-state index in [1.807, 2.05) is 12.1 Å². The number of rotatable bonds is 14. The fraction of sp³-hybridized carbons (Fsp3) is 0.417. The highest BCUT2D eigenvalue weighted by Crippen LogP contribution is 2.49. The fourth-order valence-electron chi connectivity index (χ4n) is 5.93. The maximum Gasteiger partial charge on any atom is 0.320 e. The Morgan fingerprint density at radius 2 is 1.24 bits per heavy atom. The Hall–Kier alpha value is -3.73. The third-order valence-electron chi connectivity index (χ3n) is 8.33. The van der Waals surface area contributed by atoms with Crippen molar-refractivity contribution in [2.75, 3.05) is 6.61 Å². The minimum absolute atomic E-state index is 0.121. The molecule has 0 fully saturated rings. The Morgan fingerprint density at radius 3 is 1.98 bits per heavy atom. The molecule has 41 heavy (non-hydrogen) atoms. The van der Waals surface area contributed by atoms with Crippen molar-refractivity contribution >= 4 is 0 Å². The van der Waals surface area contributed by atoms with Crippen LogP contribution in [-0.4, -0.2) is 26.7 Å². The zero-order valence-corrected chi connectivity index (χ0v) is 24.8. The van der Waals surface area contributed by atoms with Crippen LogP contribution in [0.25, 0.3) is 33.9 Å². The molecule has 1 aliphatic carbocycles. The van der Waals surface area contributed by atoms with Gasteiger partial charge in [0.2, 0.25) is 0 Å². The van der Waals surface area contributed by atoms with Crippen molar-refractivity contribution in [1.29, 1.82) is 0 Å². The van der Waals surface area contributed by atoms with E-state index in [1.54, 1.807) is 12.1 Å². The molecule has 1 aromatic heterocycles. The molecule has 0 aliphatic heterocycles. The summed E-state index contributed by atoms with van der Waals surface area (Å²) in [5.74, 6) is 1.09. The van der Waals surface area contributed by atoms with Gasteiger partial charge in [0, 0.05) is 11.0 Å². The summed E-state index contributed by atoms with van der Waals surface area (Å²) in [5.41, 5.74) is 6.48. The second kappa shape index (κ2) is 13.3. The van der Waals surface area contributed by atoms with Gasteiger partial charge in [-0.05, 0) is 46.9 Å². The van der Waals surface area contributed by atoms with Gasteiger partial charge in [-0.2, -0.15) is 9.97 Å². The average Bonchev–Trinajstić information content (AvgIpc) is 3.22. The van der Waals surface area contributed by atoms with Crippen LogP contribution in [0.2, 0.25) is 0 Å². The summed E-state index contributed by atoms with van der Waals surface area (Å²) in [6, 6.07) is 22.5. The van der Waals surface area contributed by atoms with Crippen LogP contribution in [-0.2, 0) is 5.41 Å². The number of phenolic OH excluding ortho intramolecular Hbond substituents is 1. The van der Waals surface area contributed by atoms with Crippen LogP contribution in [0.5, 0.6) is 11.8 Å². The van der Waals surface area contributed by atoms with Crippen LogP contribution >= 0.6 is 0 Å². The van der Waals surface area contributed by atoms with Crippen LogP contribution in [0.4, 0.5) is 0 Å². The smallest absolute Gasteiger partial charge is 0.320 e. The van der Waals surface area contributed by atoms with E-state index in [-0.39, 0.29) is 11.2 Å². The molecule has 0 saturated heterocycles. The summed E-state index contributed by atoms with van der Waals surface area (Å²) in [7, 11) is 0. The summed E-state index contributed by atoms with van der Waals surface area (Å²) in [4.78, 5) is 14.1. The minimum atomic E-state index is -0.121. The summed E-state index contributed by atoms with van der Waals surface area (Å²) in [6.45, 7) is 7.36. The molecule has 0 saturated carbocycles. The molecular weight excluding hydrogens is 506 g/mol. The molecule has 0 bridgehead atoms. The lowest BCUT2D eigenvalue weighted by Crippen LogP contribution is -2.15. The predicted molar refractivity (Wildman–Crippen MR) is 167 cm³/mol. The molecule has 0 unspecified atom stereocenters. The lowest BCUT2D eigenvalue weighted by atomic mass is 9.82. The number of unbranched alkanes of at least 4 members (excludes halogenated alkanes) is 9. The maximum atomic E-state index is 10.5. The molecule has 5 nitrogen and oxygen atoms in total. The molecule has 0 spiro atoms. The number of aromatic hydroxyl groups is 1. The Balaban J connectivity index is 1.31. The predicted octanol–water partition coefficient (Wildman–Crippen LogP) is 9.52. The number of phenols is 1. The molecule has 3 aromatic carbocycles. The average molecular weight is 550 g/mol. The topological polar surface area (TPSA) is 68.1 Å². The zero-order valence-electron chi connectivity index (χ0n) is 24.8. The number of aromatic nitrogens is 3. The lowest BCUT2D eigenvalue weighted by Gasteiger charge is -2.21. The fourth-order valence-corrected chi connectivity index (χ4v) is 5.93. The molecule has 1 N–H and O–H groups in total. The number of fused-ring (bicyclic) bond motifs is 3. The van der Waals surface area contributed by atoms with Gasteiger partial charge in [-0.25, -0.2) is 4.98 Å². The molecular formula is C36H43N3O2. The minimum Gasteiger partial charge on any atom is -0.507 e. The largest absolute Gasteiger partial charge is 0.507 e. The van der Waals surface area contributed by atoms with Crippen molar-refractivity contribution in [3.63, 3.8) is 0 Å². The highest BCUT2D eigenvalue weighted by molar-refractivity contribution is 5.83. The maximum absolute atomic E-state index is 10.5. The van der Waals surface area contributed by atoms with Crippen LogP contribution in [0.1, 0.15) is 96.1 Å². The molecule has 1 aliphatic rings. The highest BCUT2D eigenvalue weighted by Gasteiger charge is 2.35. The van der Waals surface area contributed by atoms with Crippen LogP contribution in [0.3, 0.4) is 0 Å². The van der Waals surface area contributed by atoms with Crippen LogP contribution in [0.15, 0.2) is 66.7 Å². The molecule has 214 valence electrons. The van der Waals surface area contributed by atoms with E-state index < -0.39 is 0 Å². The molecule has 0 amide bonds. The van der Waals surface area contributed by atoms with Crippen molar-refractivity contribution < 1.29 is 9.84 Å². The Kier molecular flexibility index (Phi) is 9.33. The van der Waals surface area contributed by atoms with E-state index in [0.717, 1.165) is 18.4 Å². The van der Waals surface area contributed by atoms with E-state index in [1.165, 1.54) is 73.6 Å². The molecule has 5 heteroatoms. The van der Waals surface area contributed by atoms with Gasteiger partial charge in [0.15, 0.2) is 11.6 Å². The van der Waals surface area contributed by atoms with Gasteiger partial charge in [-0.15, -0.1) is 0 Å². The van der Waals surface area contributed by atoms with Gasteiger partial charge in [-0.1, -0.05) is 127 Å². The second-order valence-electron chi connectivity index (χ2n) is 11.7. The lowest BCUT2D eigenvalue weighted by molar-refractivity contribution is 0.281. The standard InChI is InChI=1S/C36H43N3O2/c1-4-5-6-7-8-9-10-11-12-17-24-41-35-38-33(37-34(39-35)29-19-14-16-21-32(29)40)26-22-23-28-27-18-13-15-20-30(27)36(2,3)31(28)25-26/h13-16,18-23,25,40H,4-12,17,24H2,1-3H3. The van der Waals surface area contributed by atoms with Crippen molar-refractivity contribution in [3.8, 4) is 45.7 Å². The highest BCUT2D eigenvalue weighted by atomic mass is 16.5. The van der Waals surface area contributed by atoms with E-state index in [9.17, 15) is 5.11 Å². The second-order valence-corrected chi connectivity index (χ2v) is 11.7. The van der Waals surface area contributed by atoms with Gasteiger partial charge >= 0.3 is 6.01 Å². The third kappa shape index (κ3) is 6.61. The van der Waals surface area contributed by atoms with E-state index in [4.69, 9.17) is 14.7 Å². The Labute approximate surface area is 245 Å². The molecule has 0 atom stereocenters. The monoisotopic (exact) mass is 549 g/mol. The first-order chi connectivity index (χ1) is 20.0. The van der Waals surface area contributed by atoms with Gasteiger partial charge in [-0.3, -0.25) is 0 Å². The first-order valence-corrected chi connectivity index (χ1v) is 15.4. The summed E-state index contributed by atoms with van der Waals surface area (Å²) in [6.07, 6.45) is 12.7. The van der Waals surface area contributed by atoms with Gasteiger partial charge in [0.25, 0.3) is 0 Å². The first-order valence-electron chi connectivity index (χ1n) is 15.4. The number of benzene rings is 3. The quantitative estimate of drug-likeness (QED) is 0.159. The van der Waals surface area contributed by atoms with Crippen molar-refractivity contribution in [1.82, 2.24) is 15.0 Å². The number of hydrogen-bond donors (Lipinski definition) is 1. The van der Waals surface area contributed by atoms with Gasteiger partial charge < -0.3 is 9.84 Å². The summed E-state index contributed by atoms with van der Waals surface area (Å²) >= 11 is 0. The number of para-hydroxylation sites is 1. The Morgan fingerprint density at radius 1 is 0.634 bits per heavy atom. The molecule has 0 radical (unpaired) electrons. The molecule has 1 heterocycles. The summed E-state index contributed by atoms with van der Waals surface area (Å²) in [5, 5.41) is 10.5. The van der Waals surface area contributed by atoms with Gasteiger partial charge in [0.1, 0.15) is 5.75 Å². The Bertz CT molecular complexity index is 1460. The van der Waals surface area contributed by atoms with Gasteiger partial charge in [0.05, 0.1) is 12.2 Å². The van der Waals surface area contributed by atoms with E-state index in [2.05, 4.69) is 68.2 Å². The van der Waals surface area contributed by atoms with Crippen molar-refractivity contribution in [2.45, 2.75) is 90.4 Å². The number of ether oxygens (including phenoxy) is 1. The SMILES string of the molecule is CCCCCCCCCCCCOc1nc(-c2ccc3c(c2)C(C)(C)c2ccccc2-3)nc(-c2ccccc2O)n1. The van der Waals surface area contributed by atoms with Crippen LogP contribution in [0, 0.1) is 0 Å². The van der Waals surface area contributed by atoms with Crippen molar-refractivity contribution in [2.24, 2.45) is 0 Å². The first kappa shape index (κ1) is 28.8. The molecule has 5 rings (SSSR count). The third-order valence-corrected chi connectivity index (χ3v) is 8.33. The molecule has 4 aromatic rings. The zero-order chi connectivity index (χ0) is 28.7. The van der Waals surface area contributed by atoms with Crippen molar-refractivity contribution in [3.05, 3.63) is 77.9 Å². The van der Waals surface area contributed by atoms with E-state index >= 15 is 0 Å². The number of hydrogen-bond acceptors (Lipinski definition) is 5. The number of nitrogens with zero attached hydrogens (tertiary/aromatic N) is 3. The normalized spacial score (nSPS) is 13.1.